The van der Waals surface area contributed by atoms with E-state index in [0.717, 1.165) is 27.7 Å². The van der Waals surface area contributed by atoms with Gasteiger partial charge in [-0.15, -0.1) is 0 Å². The van der Waals surface area contributed by atoms with Crippen LogP contribution in [0.4, 0.5) is 0 Å². The van der Waals surface area contributed by atoms with Crippen LogP contribution in [0, 0.1) is 0 Å². The lowest BCUT2D eigenvalue weighted by Crippen LogP contribution is -2.56. The van der Waals surface area contributed by atoms with E-state index >= 15 is 0 Å². The fourth-order valence-corrected chi connectivity index (χ4v) is 4.36. The van der Waals surface area contributed by atoms with Crippen LogP contribution in [-0.4, -0.2) is 31.9 Å². The Hall–Kier alpha value is -3.34. The Morgan fingerprint density at radius 2 is 1.61 bits per heavy atom. The van der Waals surface area contributed by atoms with Gasteiger partial charge < -0.3 is 10.1 Å². The molecule has 0 fully saturated rings. The highest BCUT2D eigenvalue weighted by Crippen LogP contribution is 2.32. The molecule has 1 aliphatic carbocycles. The van der Waals surface area contributed by atoms with Gasteiger partial charge in [-0.05, 0) is 41.7 Å². The van der Waals surface area contributed by atoms with E-state index in [-0.39, 0.29) is 18.5 Å². The molecule has 0 saturated carbocycles. The third-order valence-corrected chi connectivity index (χ3v) is 5.86. The molecule has 0 aliphatic heterocycles. The minimum Gasteiger partial charge on any atom is -0.464 e. The second-order valence-electron chi connectivity index (χ2n) is 8.20. The van der Waals surface area contributed by atoms with Gasteiger partial charge >= 0.3 is 5.97 Å². The van der Waals surface area contributed by atoms with Crippen LogP contribution < -0.4 is 10.8 Å². The van der Waals surface area contributed by atoms with Crippen molar-refractivity contribution in [3.63, 3.8) is 0 Å². The van der Waals surface area contributed by atoms with Gasteiger partial charge in [0, 0.05) is 18.4 Å². The third-order valence-electron chi connectivity index (χ3n) is 5.86. The molecule has 0 saturated heterocycles. The van der Waals surface area contributed by atoms with E-state index in [0.29, 0.717) is 24.8 Å². The Balaban J connectivity index is 1.65. The topological polar surface area (TPSA) is 55.4 Å². The highest BCUT2D eigenvalue weighted by atomic mass is 16.5. The molecule has 4 rings (SSSR count). The highest BCUT2D eigenvalue weighted by Gasteiger charge is 2.46. The minimum absolute atomic E-state index is 0.244. The van der Waals surface area contributed by atoms with Gasteiger partial charge in [0.1, 0.15) is 13.4 Å². The number of hydrogen-bond acceptors (Lipinski definition) is 3. The SMILES string of the molecule is Bc1ccc(C(=O)NC2(C(=O)OCC)Cc3ccccc3C2)c(Cc2ccccc2)c1. The predicted molar refractivity (Wildman–Crippen MR) is 125 cm³/mol. The van der Waals surface area contributed by atoms with Crippen LogP contribution in [0.2, 0.25) is 0 Å². The van der Waals surface area contributed by atoms with Crippen molar-refractivity contribution in [2.24, 2.45) is 0 Å². The number of ether oxygens (including phenoxy) is 1. The fourth-order valence-electron chi connectivity index (χ4n) is 4.36. The van der Waals surface area contributed by atoms with E-state index in [9.17, 15) is 9.59 Å². The molecule has 1 aliphatic rings. The van der Waals surface area contributed by atoms with Gasteiger partial charge in [0.2, 0.25) is 0 Å². The van der Waals surface area contributed by atoms with E-state index < -0.39 is 5.54 Å². The number of amides is 1. The summed E-state index contributed by atoms with van der Waals surface area (Å²) < 4.78 is 5.39. The first-order valence-corrected chi connectivity index (χ1v) is 10.7. The lowest BCUT2D eigenvalue weighted by Gasteiger charge is -2.28. The maximum atomic E-state index is 13.5. The Labute approximate surface area is 184 Å². The Bertz CT molecular complexity index is 1090. The third kappa shape index (κ3) is 4.41. The molecule has 0 atom stereocenters. The van der Waals surface area contributed by atoms with Crippen molar-refractivity contribution in [2.45, 2.75) is 31.7 Å². The first-order valence-electron chi connectivity index (χ1n) is 10.7. The maximum absolute atomic E-state index is 13.5. The summed E-state index contributed by atoms with van der Waals surface area (Å²) in [7, 11) is 2.02. The van der Waals surface area contributed by atoms with Gasteiger partial charge in [0.05, 0.1) is 6.61 Å². The Morgan fingerprint density at radius 3 is 2.26 bits per heavy atom. The number of carbonyl (C=O) groups is 2. The van der Waals surface area contributed by atoms with Gasteiger partial charge in [0.25, 0.3) is 5.91 Å². The largest absolute Gasteiger partial charge is 0.464 e. The van der Waals surface area contributed by atoms with E-state index in [4.69, 9.17) is 4.74 Å². The van der Waals surface area contributed by atoms with Crippen LogP contribution in [-0.2, 0) is 28.8 Å². The summed E-state index contributed by atoms with van der Waals surface area (Å²) in [5.41, 5.74) is 4.83. The van der Waals surface area contributed by atoms with Crippen LogP contribution in [0.5, 0.6) is 0 Å². The second-order valence-corrected chi connectivity index (χ2v) is 8.20. The standard InChI is InChI=1S/C26H26BNO3/c1-2-31-25(30)26(16-19-10-6-7-11-20(19)17-26)28-24(29)23-13-12-22(27)15-21(23)14-18-8-4-3-5-9-18/h3-13,15H,2,14,16-17,27H2,1H3,(H,28,29). The second kappa shape index (κ2) is 8.80. The summed E-state index contributed by atoms with van der Waals surface area (Å²) in [4.78, 5) is 26.5. The summed E-state index contributed by atoms with van der Waals surface area (Å²) in [6.45, 7) is 2.06. The van der Waals surface area contributed by atoms with Crippen molar-refractivity contribution in [1.29, 1.82) is 0 Å². The molecule has 0 aromatic heterocycles. The van der Waals surface area contributed by atoms with Crippen molar-refractivity contribution in [3.8, 4) is 0 Å². The van der Waals surface area contributed by atoms with Gasteiger partial charge in [-0.1, -0.05) is 72.2 Å². The van der Waals surface area contributed by atoms with Gasteiger partial charge in [-0.2, -0.15) is 0 Å². The average molecular weight is 411 g/mol. The molecule has 0 unspecified atom stereocenters. The summed E-state index contributed by atoms with van der Waals surface area (Å²) >= 11 is 0. The van der Waals surface area contributed by atoms with Crippen molar-refractivity contribution < 1.29 is 14.3 Å². The first-order chi connectivity index (χ1) is 15.0. The zero-order valence-electron chi connectivity index (χ0n) is 18.0. The van der Waals surface area contributed by atoms with Gasteiger partial charge in [0.15, 0.2) is 0 Å². The first kappa shape index (κ1) is 20.9. The van der Waals surface area contributed by atoms with Crippen LogP contribution in [0.3, 0.4) is 0 Å². The molecular formula is C26H26BNO3. The number of esters is 1. The summed E-state index contributed by atoms with van der Waals surface area (Å²) in [5.74, 6) is -0.622. The molecule has 0 bridgehead atoms. The molecule has 5 heteroatoms. The van der Waals surface area contributed by atoms with Crippen LogP contribution >= 0.6 is 0 Å². The number of fused-ring (bicyclic) bond motifs is 1. The Kier molecular flexibility index (Phi) is 5.94. The quantitative estimate of drug-likeness (QED) is 0.501. The highest BCUT2D eigenvalue weighted by molar-refractivity contribution is 6.32. The molecule has 0 radical (unpaired) electrons. The molecule has 3 aromatic carbocycles. The van der Waals surface area contributed by atoms with Gasteiger partial charge in [-0.25, -0.2) is 4.79 Å². The number of benzene rings is 3. The number of rotatable bonds is 6. The summed E-state index contributed by atoms with van der Waals surface area (Å²) in [6.07, 6.45) is 1.53. The molecule has 31 heavy (non-hydrogen) atoms. The van der Waals surface area contributed by atoms with E-state index in [1.54, 1.807) is 6.92 Å². The molecule has 3 aromatic rings. The number of carbonyl (C=O) groups excluding carboxylic acids is 2. The van der Waals surface area contributed by atoms with E-state index in [2.05, 4.69) is 17.4 Å². The van der Waals surface area contributed by atoms with Crippen LogP contribution in [0.1, 0.15) is 39.5 Å². The molecule has 1 N–H and O–H groups in total. The van der Waals surface area contributed by atoms with E-state index in [1.165, 1.54) is 0 Å². The van der Waals surface area contributed by atoms with Crippen molar-refractivity contribution in [1.82, 2.24) is 5.32 Å². The smallest absolute Gasteiger partial charge is 0.332 e. The normalized spacial score (nSPS) is 14.0. The average Bonchev–Trinajstić information content (AvgIpc) is 3.14. The number of hydrogen-bond donors (Lipinski definition) is 1. The lowest BCUT2D eigenvalue weighted by molar-refractivity contribution is -0.150. The zero-order chi connectivity index (χ0) is 21.8. The number of nitrogens with one attached hydrogen (secondary N) is 1. The molecular weight excluding hydrogens is 385 g/mol. The molecule has 1 amide bonds. The monoisotopic (exact) mass is 411 g/mol. The van der Waals surface area contributed by atoms with Gasteiger partial charge in [-0.3, -0.25) is 4.79 Å². The van der Waals surface area contributed by atoms with E-state index in [1.807, 2.05) is 68.5 Å². The Morgan fingerprint density at radius 1 is 0.968 bits per heavy atom. The zero-order valence-corrected chi connectivity index (χ0v) is 18.0. The lowest BCUT2D eigenvalue weighted by atomic mass is 9.88. The molecule has 0 spiro atoms. The predicted octanol–water partition coefficient (Wildman–Crippen LogP) is 2.37. The maximum Gasteiger partial charge on any atom is 0.332 e. The molecule has 4 nitrogen and oxygen atoms in total. The molecule has 156 valence electrons. The minimum atomic E-state index is -1.08. The van der Waals surface area contributed by atoms with Crippen LogP contribution in [0.15, 0.2) is 72.8 Å². The summed E-state index contributed by atoms with van der Waals surface area (Å²) in [6, 6.07) is 23.8. The van der Waals surface area contributed by atoms with Crippen LogP contribution in [0.25, 0.3) is 0 Å². The summed E-state index contributed by atoms with van der Waals surface area (Å²) in [5, 5.41) is 3.07. The molecule has 0 heterocycles. The fraction of sp³-hybridized carbons (Fsp3) is 0.231. The van der Waals surface area contributed by atoms with Crippen molar-refractivity contribution >= 4 is 25.2 Å². The van der Waals surface area contributed by atoms with Crippen molar-refractivity contribution in [2.75, 3.05) is 6.61 Å². The van der Waals surface area contributed by atoms with Crippen molar-refractivity contribution in [3.05, 3.63) is 101 Å².